The van der Waals surface area contributed by atoms with Crippen LogP contribution in [0.5, 0.6) is 0 Å². The lowest BCUT2D eigenvalue weighted by Crippen LogP contribution is -1.95. The van der Waals surface area contributed by atoms with Crippen molar-refractivity contribution in [2.75, 3.05) is 6.61 Å². The van der Waals surface area contributed by atoms with Crippen LogP contribution in [0.25, 0.3) is 0 Å². The Morgan fingerprint density at radius 1 is 1.56 bits per heavy atom. The average Bonchev–Trinajstić information content (AvgIpc) is 1.72. The summed E-state index contributed by atoms with van der Waals surface area (Å²) in [6.07, 6.45) is 0. The second kappa shape index (κ2) is 15.6. The van der Waals surface area contributed by atoms with Crippen LogP contribution in [0.15, 0.2) is 13.2 Å². The number of halogens is 1. The van der Waals surface area contributed by atoms with Gasteiger partial charge in [-0.2, -0.15) is 0 Å². The van der Waals surface area contributed by atoms with Crippen LogP contribution in [-0.4, -0.2) is 12.6 Å². The van der Waals surface area contributed by atoms with Gasteiger partial charge in [-0.05, 0) is 6.92 Å². The molecular formula is C6H13ClO2. The van der Waals surface area contributed by atoms with Gasteiger partial charge in [0.1, 0.15) is 0 Å². The smallest absolute Gasteiger partial charge is 0.302 e. The molecule has 2 nitrogen and oxygen atoms in total. The fraction of sp³-hybridized carbons (Fsp3) is 0.500. The fourth-order valence-electron chi connectivity index (χ4n) is 0.203. The van der Waals surface area contributed by atoms with Crippen LogP contribution in [0, 0.1) is 0 Å². The SMILES string of the molecule is C=C.CCOC(C)=O.Cl. The summed E-state index contributed by atoms with van der Waals surface area (Å²) in [5.74, 6) is -0.211. The number of hydrogen-bond donors (Lipinski definition) is 0. The molecule has 0 aliphatic rings. The molecule has 0 amide bonds. The Hall–Kier alpha value is -0.500. The molecule has 0 rings (SSSR count). The van der Waals surface area contributed by atoms with Crippen LogP contribution in [0.2, 0.25) is 0 Å². The number of carbonyl (C=O) groups is 1. The Morgan fingerprint density at radius 3 is 1.89 bits per heavy atom. The van der Waals surface area contributed by atoms with E-state index in [2.05, 4.69) is 17.9 Å². The molecule has 0 N–H and O–H groups in total. The van der Waals surface area contributed by atoms with Gasteiger partial charge < -0.3 is 4.74 Å². The van der Waals surface area contributed by atoms with E-state index in [0.29, 0.717) is 6.61 Å². The van der Waals surface area contributed by atoms with Gasteiger partial charge in [0.25, 0.3) is 0 Å². The zero-order chi connectivity index (χ0) is 6.99. The molecule has 3 heteroatoms. The molecule has 0 aromatic heterocycles. The molecule has 0 spiro atoms. The molecule has 0 saturated carbocycles. The zero-order valence-corrected chi connectivity index (χ0v) is 6.66. The van der Waals surface area contributed by atoms with Crippen molar-refractivity contribution < 1.29 is 9.53 Å². The second-order valence-electron chi connectivity index (χ2n) is 0.925. The molecule has 0 bridgehead atoms. The minimum Gasteiger partial charge on any atom is -0.466 e. The van der Waals surface area contributed by atoms with Crippen LogP contribution in [0.4, 0.5) is 0 Å². The molecule has 0 radical (unpaired) electrons. The summed E-state index contributed by atoms with van der Waals surface area (Å²) in [5, 5.41) is 0. The van der Waals surface area contributed by atoms with Gasteiger partial charge in [-0.1, -0.05) is 0 Å². The highest BCUT2D eigenvalue weighted by molar-refractivity contribution is 5.85. The topological polar surface area (TPSA) is 26.3 Å². The van der Waals surface area contributed by atoms with E-state index in [9.17, 15) is 4.79 Å². The number of carbonyl (C=O) groups excluding carboxylic acids is 1. The van der Waals surface area contributed by atoms with Crippen molar-refractivity contribution in [1.29, 1.82) is 0 Å². The van der Waals surface area contributed by atoms with Gasteiger partial charge in [0.2, 0.25) is 0 Å². The van der Waals surface area contributed by atoms with E-state index in [-0.39, 0.29) is 18.4 Å². The predicted octanol–water partition coefficient (Wildman–Crippen LogP) is 1.79. The molecule has 0 fully saturated rings. The molecular weight excluding hydrogens is 140 g/mol. The standard InChI is InChI=1S/C4H8O2.C2H4.ClH/c1-3-6-4(2)5;1-2;/h3H2,1-2H3;1-2H2;1H. The van der Waals surface area contributed by atoms with Crippen molar-refractivity contribution in [2.45, 2.75) is 13.8 Å². The van der Waals surface area contributed by atoms with Crippen molar-refractivity contribution in [3.05, 3.63) is 13.2 Å². The molecule has 0 aromatic rings. The lowest BCUT2D eigenvalue weighted by Gasteiger charge is -1.89. The highest BCUT2D eigenvalue weighted by atomic mass is 35.5. The summed E-state index contributed by atoms with van der Waals surface area (Å²) in [6.45, 7) is 9.65. The number of esters is 1. The van der Waals surface area contributed by atoms with Crippen molar-refractivity contribution in [3.63, 3.8) is 0 Å². The first kappa shape index (κ1) is 15.8. The first-order chi connectivity index (χ1) is 3.77. The monoisotopic (exact) mass is 152 g/mol. The van der Waals surface area contributed by atoms with Crippen molar-refractivity contribution in [2.24, 2.45) is 0 Å². The van der Waals surface area contributed by atoms with Gasteiger partial charge in [0.15, 0.2) is 0 Å². The summed E-state index contributed by atoms with van der Waals surface area (Å²) in [4.78, 5) is 9.82. The van der Waals surface area contributed by atoms with Crippen molar-refractivity contribution in [1.82, 2.24) is 0 Å². The van der Waals surface area contributed by atoms with Gasteiger partial charge >= 0.3 is 5.97 Å². The fourth-order valence-corrected chi connectivity index (χ4v) is 0.203. The highest BCUT2D eigenvalue weighted by Crippen LogP contribution is 1.69. The van der Waals surface area contributed by atoms with E-state index in [4.69, 9.17) is 0 Å². The molecule has 0 aliphatic heterocycles. The summed E-state index contributed by atoms with van der Waals surface area (Å²) >= 11 is 0. The van der Waals surface area contributed by atoms with E-state index in [1.54, 1.807) is 6.92 Å². The van der Waals surface area contributed by atoms with Crippen molar-refractivity contribution >= 4 is 18.4 Å². The summed E-state index contributed by atoms with van der Waals surface area (Å²) < 4.78 is 4.40. The second-order valence-corrected chi connectivity index (χ2v) is 0.925. The van der Waals surface area contributed by atoms with Crippen molar-refractivity contribution in [3.8, 4) is 0 Å². The van der Waals surface area contributed by atoms with E-state index in [1.807, 2.05) is 0 Å². The molecule has 9 heavy (non-hydrogen) atoms. The Kier molecular flexibility index (Phi) is 27.5. The number of ether oxygens (including phenoxy) is 1. The van der Waals surface area contributed by atoms with Gasteiger partial charge in [0, 0.05) is 6.92 Å². The summed E-state index contributed by atoms with van der Waals surface area (Å²) in [7, 11) is 0. The maximum atomic E-state index is 9.82. The first-order valence-electron chi connectivity index (χ1n) is 2.40. The predicted molar refractivity (Wildman–Crippen MR) is 40.8 cm³/mol. The summed E-state index contributed by atoms with van der Waals surface area (Å²) in [6, 6.07) is 0. The number of rotatable bonds is 1. The summed E-state index contributed by atoms with van der Waals surface area (Å²) in [5.41, 5.74) is 0. The number of hydrogen-bond acceptors (Lipinski definition) is 2. The van der Waals surface area contributed by atoms with E-state index < -0.39 is 0 Å². The maximum Gasteiger partial charge on any atom is 0.302 e. The first-order valence-corrected chi connectivity index (χ1v) is 2.40. The zero-order valence-electron chi connectivity index (χ0n) is 5.85. The van der Waals surface area contributed by atoms with E-state index in [1.165, 1.54) is 6.92 Å². The molecule has 0 atom stereocenters. The van der Waals surface area contributed by atoms with E-state index >= 15 is 0 Å². The Bertz CT molecular complexity index is 64.1. The third-order valence-electron chi connectivity index (χ3n) is 0.348. The van der Waals surface area contributed by atoms with Gasteiger partial charge in [-0.15, -0.1) is 25.6 Å². The molecule has 56 valence electrons. The van der Waals surface area contributed by atoms with Crippen LogP contribution >= 0.6 is 12.4 Å². The lowest BCUT2D eigenvalue weighted by molar-refractivity contribution is -0.140. The van der Waals surface area contributed by atoms with Gasteiger partial charge in [-0.3, -0.25) is 4.79 Å². The molecule has 0 aliphatic carbocycles. The normalized spacial score (nSPS) is 5.56. The average molecular weight is 153 g/mol. The Labute approximate surface area is 62.3 Å². The quantitative estimate of drug-likeness (QED) is 0.423. The maximum absolute atomic E-state index is 9.82. The molecule has 0 saturated heterocycles. The molecule has 0 unspecified atom stereocenters. The minimum absolute atomic E-state index is 0. The van der Waals surface area contributed by atoms with Crippen LogP contribution in [0.1, 0.15) is 13.8 Å². The third-order valence-corrected chi connectivity index (χ3v) is 0.348. The third kappa shape index (κ3) is 36.3. The van der Waals surface area contributed by atoms with Crippen LogP contribution in [-0.2, 0) is 9.53 Å². The van der Waals surface area contributed by atoms with Crippen LogP contribution in [0.3, 0.4) is 0 Å². The largest absolute Gasteiger partial charge is 0.466 e. The van der Waals surface area contributed by atoms with Crippen LogP contribution < -0.4 is 0 Å². The molecule has 0 heterocycles. The van der Waals surface area contributed by atoms with Gasteiger partial charge in [0.05, 0.1) is 6.61 Å². The Morgan fingerprint density at radius 2 is 1.89 bits per heavy atom. The highest BCUT2D eigenvalue weighted by Gasteiger charge is 1.81. The molecule has 0 aromatic carbocycles. The minimum atomic E-state index is -0.211. The Balaban J connectivity index is -0.000000109. The van der Waals surface area contributed by atoms with Gasteiger partial charge in [-0.25, -0.2) is 0 Å². The lowest BCUT2D eigenvalue weighted by atomic mass is 10.8. The van der Waals surface area contributed by atoms with E-state index in [0.717, 1.165) is 0 Å².